The van der Waals surface area contributed by atoms with E-state index in [2.05, 4.69) is 10.4 Å². The molecule has 108 valence electrons. The molecule has 1 N–H and O–H groups in total. The van der Waals surface area contributed by atoms with Gasteiger partial charge in [-0.1, -0.05) is 25.2 Å². The minimum Gasteiger partial charge on any atom is -0.362 e. The Morgan fingerprint density at radius 1 is 1.79 bits per heavy atom. The van der Waals surface area contributed by atoms with Gasteiger partial charge in [-0.15, -0.1) is 0 Å². The molecule has 0 bridgehead atoms. The molecule has 0 saturated carbocycles. The van der Waals surface area contributed by atoms with Gasteiger partial charge in [0.1, 0.15) is 5.10 Å². The summed E-state index contributed by atoms with van der Waals surface area (Å²) in [5.41, 5.74) is 0. The lowest BCUT2D eigenvalue weighted by molar-refractivity contribution is -0.485. The van der Waals surface area contributed by atoms with Crippen LogP contribution in [0.4, 0.5) is 0 Å². The molecular weight excluding hydrogens is 291 g/mol. The number of hydrogen-bond donors (Lipinski definition) is 1. The maximum absolute atomic E-state index is 13.2. The highest BCUT2D eigenvalue weighted by Crippen LogP contribution is 2.70. The van der Waals surface area contributed by atoms with E-state index in [0.717, 1.165) is 6.42 Å². The Bertz CT molecular complexity index is 442. The molecule has 3 unspecified atom stereocenters. The summed E-state index contributed by atoms with van der Waals surface area (Å²) in [6, 6.07) is 0. The quantitative estimate of drug-likeness (QED) is 0.343. The van der Waals surface area contributed by atoms with Crippen LogP contribution in [0.5, 0.6) is 0 Å². The molecule has 0 radical (unpaired) electrons. The summed E-state index contributed by atoms with van der Waals surface area (Å²) >= 11 is 1.36. The average molecular weight is 308 g/mol. The number of nitro groups is 1. The number of hydrazone groups is 1. The first-order valence-corrected chi connectivity index (χ1v) is 9.33. The van der Waals surface area contributed by atoms with Gasteiger partial charge in [-0.2, -0.15) is 0 Å². The molecule has 10 heteroatoms. The molecule has 0 aromatic heterocycles. The van der Waals surface area contributed by atoms with Gasteiger partial charge in [-0.3, -0.25) is 9.24 Å². The first-order chi connectivity index (χ1) is 8.97. The summed E-state index contributed by atoms with van der Waals surface area (Å²) in [6.07, 6.45) is 0.879. The van der Waals surface area contributed by atoms with Gasteiger partial charge in [0, 0.05) is 18.3 Å². The highest BCUT2D eigenvalue weighted by atomic mass is 32.7. The van der Waals surface area contributed by atoms with Crippen molar-refractivity contribution in [3.8, 4) is 0 Å². The lowest BCUT2D eigenvalue weighted by Crippen LogP contribution is -2.29. The highest BCUT2D eigenvalue weighted by molar-refractivity contribution is 8.57. The molecule has 2 heterocycles. The maximum Gasteiger partial charge on any atom is 0.277 e. The Kier molecular flexibility index (Phi) is 4.37. The molecule has 0 aromatic carbocycles. The minimum atomic E-state index is -2.88. The van der Waals surface area contributed by atoms with E-state index in [1.165, 1.54) is 16.1 Å². The lowest BCUT2D eigenvalue weighted by Gasteiger charge is -2.27. The van der Waals surface area contributed by atoms with Crippen molar-refractivity contribution in [2.75, 3.05) is 19.7 Å². The number of ether oxygens (including phenoxy) is 1. The van der Waals surface area contributed by atoms with Crippen LogP contribution in [-0.2, 0) is 9.30 Å². The third-order valence-corrected chi connectivity index (χ3v) is 9.32. The Balaban J connectivity index is 2.23. The van der Waals surface area contributed by atoms with Crippen molar-refractivity contribution < 1.29 is 14.3 Å². The summed E-state index contributed by atoms with van der Waals surface area (Å²) in [5.74, 6) is -0.247. The van der Waals surface area contributed by atoms with E-state index < -0.39 is 11.5 Å². The van der Waals surface area contributed by atoms with Crippen molar-refractivity contribution in [3.63, 3.8) is 0 Å². The van der Waals surface area contributed by atoms with Crippen LogP contribution in [0.25, 0.3) is 0 Å². The van der Waals surface area contributed by atoms with Crippen LogP contribution in [0, 0.1) is 10.1 Å². The predicted molar refractivity (Wildman–Crippen MR) is 73.8 cm³/mol. The fraction of sp³-hybridized carbons (Fsp3) is 0.889. The molecule has 2 aliphatic heterocycles. The van der Waals surface area contributed by atoms with Gasteiger partial charge in [0.05, 0.1) is 6.61 Å². The molecule has 3 atom stereocenters. The van der Waals surface area contributed by atoms with Gasteiger partial charge in [0.2, 0.25) is 0 Å². The van der Waals surface area contributed by atoms with Crippen LogP contribution in [-0.4, -0.2) is 46.5 Å². The Labute approximate surface area is 115 Å². The largest absolute Gasteiger partial charge is 0.362 e. The van der Waals surface area contributed by atoms with E-state index in [-0.39, 0.29) is 17.1 Å². The molecule has 19 heavy (non-hydrogen) atoms. The summed E-state index contributed by atoms with van der Waals surface area (Å²) in [6.45, 7) is 2.53. The molecule has 2 saturated heterocycles. The average Bonchev–Trinajstić information content (AvgIpc) is 3.10. The summed E-state index contributed by atoms with van der Waals surface area (Å²) in [5, 5.41) is 16.0. The van der Waals surface area contributed by atoms with Crippen LogP contribution < -0.4 is 5.32 Å². The predicted octanol–water partition coefficient (Wildman–Crippen LogP) is 1.52. The number of guanidine groups is 1. The van der Waals surface area contributed by atoms with E-state index in [1.807, 2.05) is 13.8 Å². The number of nitrogens with one attached hydrogen (secondary N) is 1. The maximum atomic E-state index is 13.2. The summed E-state index contributed by atoms with van der Waals surface area (Å²) < 4.78 is 19.9. The fourth-order valence-corrected chi connectivity index (χ4v) is 7.78. The summed E-state index contributed by atoms with van der Waals surface area (Å²) in [7, 11) is 0. The number of epoxide rings is 1. The van der Waals surface area contributed by atoms with Crippen LogP contribution in [0.3, 0.4) is 0 Å². The zero-order valence-corrected chi connectivity index (χ0v) is 12.5. The first kappa shape index (κ1) is 14.6. The fourth-order valence-electron chi connectivity index (χ4n) is 1.75. The van der Waals surface area contributed by atoms with E-state index in [9.17, 15) is 14.7 Å². The van der Waals surface area contributed by atoms with Crippen molar-refractivity contribution >= 4 is 23.8 Å². The van der Waals surface area contributed by atoms with Crippen LogP contribution in [0.15, 0.2) is 5.10 Å². The molecule has 0 amide bonds. The lowest BCUT2D eigenvalue weighted by atomic mass is 10.4. The van der Waals surface area contributed by atoms with Crippen LogP contribution >= 0.6 is 17.9 Å². The Morgan fingerprint density at radius 3 is 3.00 bits per heavy atom. The van der Waals surface area contributed by atoms with E-state index in [1.54, 1.807) is 0 Å². The molecule has 0 aromatic rings. The highest BCUT2D eigenvalue weighted by Gasteiger charge is 2.51. The molecule has 2 fully saturated rings. The second-order valence-corrected chi connectivity index (χ2v) is 9.79. The van der Waals surface area contributed by atoms with Crippen molar-refractivity contribution in [2.24, 2.45) is 5.10 Å². The normalized spacial score (nSPS) is 28.8. The molecular formula is C9H17N4O4PS. The number of nitrogens with zero attached hydrogens (tertiary/aromatic N) is 3. The SMILES string of the molecule is CCC(C)SP(=O)(C1CO1)N1CCN/C1=N/[N+](=O)[O-]. The smallest absolute Gasteiger partial charge is 0.277 e. The number of hydrogen-bond acceptors (Lipinski definition) is 5. The minimum absolute atomic E-state index is 0.0830. The van der Waals surface area contributed by atoms with E-state index in [4.69, 9.17) is 4.74 Å². The third kappa shape index (κ3) is 3.21. The van der Waals surface area contributed by atoms with Gasteiger partial charge in [-0.25, -0.2) is 10.1 Å². The standard InChI is InChI=1S/C9H17N4O4PS/c1-3-7(2)19-18(16,8-6-17-8)12-5-4-10-9(12)11-13(14)15/h7-8H,3-6H2,1-2H3,(H,10,11). The van der Waals surface area contributed by atoms with E-state index in [0.29, 0.717) is 19.7 Å². The monoisotopic (exact) mass is 308 g/mol. The summed E-state index contributed by atoms with van der Waals surface area (Å²) in [4.78, 5) is 10.5. The van der Waals surface area contributed by atoms with Crippen molar-refractivity contribution in [2.45, 2.75) is 31.4 Å². The van der Waals surface area contributed by atoms with Crippen molar-refractivity contribution in [1.29, 1.82) is 0 Å². The van der Waals surface area contributed by atoms with Gasteiger partial charge >= 0.3 is 0 Å². The molecule has 0 spiro atoms. The van der Waals surface area contributed by atoms with Gasteiger partial charge < -0.3 is 10.1 Å². The number of rotatable bonds is 6. The van der Waals surface area contributed by atoms with Crippen molar-refractivity contribution in [3.05, 3.63) is 10.1 Å². The van der Waals surface area contributed by atoms with E-state index >= 15 is 0 Å². The second kappa shape index (κ2) is 5.68. The van der Waals surface area contributed by atoms with Crippen LogP contribution in [0.1, 0.15) is 20.3 Å². The topological polar surface area (TPSA) is 100 Å². The molecule has 2 rings (SSSR count). The van der Waals surface area contributed by atoms with Crippen molar-refractivity contribution in [1.82, 2.24) is 9.99 Å². The van der Waals surface area contributed by atoms with Gasteiger partial charge in [0.15, 0.2) is 10.9 Å². The first-order valence-electron chi connectivity index (χ1n) is 6.12. The molecule has 8 nitrogen and oxygen atoms in total. The molecule has 0 aliphatic carbocycles. The second-order valence-electron chi connectivity index (χ2n) is 4.39. The van der Waals surface area contributed by atoms with Crippen LogP contribution in [0.2, 0.25) is 0 Å². The zero-order chi connectivity index (χ0) is 14.0. The Morgan fingerprint density at radius 2 is 2.47 bits per heavy atom. The zero-order valence-electron chi connectivity index (χ0n) is 10.8. The third-order valence-electron chi connectivity index (χ3n) is 2.95. The Hall–Kier alpha value is -0.790. The van der Waals surface area contributed by atoms with Gasteiger partial charge in [0.25, 0.3) is 12.5 Å². The van der Waals surface area contributed by atoms with Gasteiger partial charge in [-0.05, 0) is 6.42 Å². The molecule has 2 aliphatic rings.